The highest BCUT2D eigenvalue weighted by Gasteiger charge is 2.28. The standard InChI is InChI=1S/C80H154N2O18P2S2/c1-5-9-13-17-21-25-29-31-33-35-39-42-46-50-54-58-78(86)94-70-74(100-80(88)60-56-52-48-44-40-36-34-32-30-26-22-18-14-10-6-2)72-98-102(91,92)96-66-64-82-76(84)62-68-104-103-67-61-75(83)81-63-65-95-101(89,90)97-71-73(99-79(87)59-55-51-47-43-38-28-24-20-16-12-8-4)69-93-77(85)57-53-49-45-41-37-27-23-19-15-11-7-3/h73-74H,5-72H2,1-4H3,(H,81,83)(H,82,84)(H,89,90)(H,91,92)/t73-,74-/m1/s1. The summed E-state index contributed by atoms with van der Waals surface area (Å²) in [7, 11) is -6.58. The lowest BCUT2D eigenvalue weighted by molar-refractivity contribution is -0.161. The van der Waals surface area contributed by atoms with Gasteiger partial charge in [0.05, 0.1) is 26.4 Å². The van der Waals surface area contributed by atoms with Gasteiger partial charge in [-0.2, -0.15) is 0 Å². The molecule has 0 aromatic carbocycles. The molecule has 0 aromatic heterocycles. The van der Waals surface area contributed by atoms with Crippen molar-refractivity contribution in [3.8, 4) is 0 Å². The smallest absolute Gasteiger partial charge is 0.462 e. The van der Waals surface area contributed by atoms with Crippen LogP contribution in [0.3, 0.4) is 0 Å². The molecule has 0 radical (unpaired) electrons. The van der Waals surface area contributed by atoms with Gasteiger partial charge in [-0.3, -0.25) is 46.9 Å². The van der Waals surface area contributed by atoms with Crippen LogP contribution >= 0.6 is 37.2 Å². The summed E-state index contributed by atoms with van der Waals surface area (Å²) in [5, 5.41) is 5.26. The number of phosphoric acid groups is 2. The molecule has 0 aliphatic heterocycles. The minimum absolute atomic E-state index is 0.0902. The number of unbranched alkanes of at least 4 members (excludes halogenated alkanes) is 48. The van der Waals surface area contributed by atoms with Crippen LogP contribution in [-0.4, -0.2) is 122 Å². The largest absolute Gasteiger partial charge is 0.472 e. The van der Waals surface area contributed by atoms with E-state index in [1.54, 1.807) is 0 Å². The third kappa shape index (κ3) is 76.5. The van der Waals surface area contributed by atoms with Gasteiger partial charge in [-0.15, -0.1) is 0 Å². The lowest BCUT2D eigenvalue weighted by Gasteiger charge is -2.20. The Balaban J connectivity index is 4.80. The molecule has 0 aliphatic rings. The number of carbonyl (C=O) groups is 6. The molecule has 0 heterocycles. The van der Waals surface area contributed by atoms with Gasteiger partial charge in [0.2, 0.25) is 11.8 Å². The quantitative estimate of drug-likeness (QED) is 0.0145. The van der Waals surface area contributed by atoms with E-state index in [1.807, 2.05) is 0 Å². The second kappa shape index (κ2) is 77.5. The van der Waals surface area contributed by atoms with Crippen LogP contribution in [0.4, 0.5) is 0 Å². The monoisotopic (exact) mass is 1560 g/mol. The molecule has 0 bridgehead atoms. The molecule has 0 spiro atoms. The second-order valence-corrected chi connectivity index (χ2v) is 34.2. The van der Waals surface area contributed by atoms with Crippen LogP contribution in [0.25, 0.3) is 0 Å². The highest BCUT2D eigenvalue weighted by Crippen LogP contribution is 2.44. The Labute approximate surface area is 641 Å². The first kappa shape index (κ1) is 102. The molecule has 2 amide bonds. The van der Waals surface area contributed by atoms with Crippen LogP contribution in [0.2, 0.25) is 0 Å². The van der Waals surface area contributed by atoms with Crippen molar-refractivity contribution in [3.05, 3.63) is 0 Å². The normalized spacial score (nSPS) is 13.2. The summed E-state index contributed by atoms with van der Waals surface area (Å²) >= 11 is 0. The number of carbonyl (C=O) groups excluding carboxylic acids is 6. The number of phosphoric ester groups is 2. The van der Waals surface area contributed by atoms with Crippen molar-refractivity contribution in [1.82, 2.24) is 10.6 Å². The molecule has 4 N–H and O–H groups in total. The van der Waals surface area contributed by atoms with Crippen molar-refractivity contribution >= 4 is 72.9 Å². The van der Waals surface area contributed by atoms with Gasteiger partial charge in [0.1, 0.15) is 13.2 Å². The van der Waals surface area contributed by atoms with Gasteiger partial charge in [0, 0.05) is 63.1 Å². The summed E-state index contributed by atoms with van der Waals surface area (Å²) < 4.78 is 68.5. The zero-order valence-corrected chi connectivity index (χ0v) is 69.8. The highest BCUT2D eigenvalue weighted by atomic mass is 33.1. The summed E-state index contributed by atoms with van der Waals surface area (Å²) in [4.78, 5) is 97.4. The van der Waals surface area contributed by atoms with Crippen molar-refractivity contribution in [2.45, 2.75) is 412 Å². The molecule has 0 fully saturated rings. The van der Waals surface area contributed by atoms with Crippen LogP contribution in [0.15, 0.2) is 0 Å². The topological polar surface area (TPSA) is 275 Å². The van der Waals surface area contributed by atoms with Crippen LogP contribution in [0.1, 0.15) is 400 Å². The maximum absolute atomic E-state index is 13.0. The predicted octanol–water partition coefficient (Wildman–Crippen LogP) is 22.5. The molecule has 24 heteroatoms. The van der Waals surface area contributed by atoms with Gasteiger partial charge in [-0.1, -0.05) is 357 Å². The average Bonchev–Trinajstić information content (AvgIpc) is 0.943. The molecular weight excluding hydrogens is 1400 g/mol. The minimum Gasteiger partial charge on any atom is -0.462 e. The fourth-order valence-electron chi connectivity index (χ4n) is 12.1. The zero-order valence-electron chi connectivity index (χ0n) is 66.4. The predicted molar refractivity (Wildman–Crippen MR) is 427 cm³/mol. The number of rotatable bonds is 83. The van der Waals surface area contributed by atoms with E-state index < -0.39 is 64.9 Å². The Hall–Kier alpha value is -2.26. The molecule has 0 rings (SSSR count). The van der Waals surface area contributed by atoms with Gasteiger partial charge in [-0.25, -0.2) is 9.13 Å². The van der Waals surface area contributed by atoms with Crippen molar-refractivity contribution in [2.75, 3.05) is 64.2 Å². The summed E-state index contributed by atoms with van der Waals surface area (Å²) in [6.07, 6.45) is 59.9. The van der Waals surface area contributed by atoms with E-state index >= 15 is 0 Å². The summed E-state index contributed by atoms with van der Waals surface area (Å²) in [6, 6.07) is 0. The summed E-state index contributed by atoms with van der Waals surface area (Å²) in [5.74, 6) is -1.75. The SMILES string of the molecule is CCCCCCCCCCCCCCCCCC(=O)OC[C@H](COP(=O)(O)OCCNC(=O)CCSSCCC(=O)NCCOP(=O)(O)OC[C@@H](COC(=O)CCCCCCCCCCCCC)OC(=O)CCCCCCCCCCCCC)OC(=O)CCCCCCCCCCCCCCCCC. The van der Waals surface area contributed by atoms with Gasteiger partial charge in [0.25, 0.3) is 0 Å². The second-order valence-electron chi connectivity index (χ2n) is 28.6. The average molecular weight is 1560 g/mol. The molecule has 0 saturated carbocycles. The molecule has 0 aromatic rings. The van der Waals surface area contributed by atoms with Crippen molar-refractivity contribution in [3.63, 3.8) is 0 Å². The Morgan fingerprint density at radius 2 is 0.500 bits per heavy atom. The van der Waals surface area contributed by atoms with Gasteiger partial charge in [-0.05, 0) is 25.7 Å². The van der Waals surface area contributed by atoms with Crippen LogP contribution < -0.4 is 10.6 Å². The fraction of sp³-hybridized carbons (Fsp3) is 0.925. The summed E-state index contributed by atoms with van der Waals surface area (Å²) in [6.45, 7) is 6.28. The van der Waals surface area contributed by atoms with E-state index in [2.05, 4.69) is 38.3 Å². The Morgan fingerprint density at radius 3 is 0.731 bits per heavy atom. The van der Waals surface area contributed by atoms with E-state index in [1.165, 1.54) is 253 Å². The molecule has 2 unspecified atom stereocenters. The maximum atomic E-state index is 13.0. The third-order valence-electron chi connectivity index (χ3n) is 18.5. The lowest BCUT2D eigenvalue weighted by atomic mass is 10.0. The number of hydrogen-bond donors (Lipinski definition) is 4. The van der Waals surface area contributed by atoms with E-state index in [9.17, 15) is 47.7 Å². The molecular formula is C80H154N2O18P2S2. The Kier molecular flexibility index (Phi) is 75.8. The Bertz CT molecular complexity index is 2100. The number of esters is 4. The lowest BCUT2D eigenvalue weighted by Crippen LogP contribution is -2.30. The first-order valence-corrected chi connectivity index (χ1v) is 47.8. The van der Waals surface area contributed by atoms with Crippen LogP contribution in [0.5, 0.6) is 0 Å². The minimum atomic E-state index is -4.67. The molecule has 20 nitrogen and oxygen atoms in total. The number of hydrogen-bond acceptors (Lipinski definition) is 18. The third-order valence-corrected chi connectivity index (χ3v) is 22.9. The van der Waals surface area contributed by atoms with E-state index in [-0.39, 0.29) is 89.9 Å². The highest BCUT2D eigenvalue weighted by molar-refractivity contribution is 8.76. The Morgan fingerprint density at radius 1 is 0.288 bits per heavy atom. The van der Waals surface area contributed by atoms with Gasteiger partial charge < -0.3 is 39.4 Å². The van der Waals surface area contributed by atoms with Crippen LogP contribution in [-0.2, 0) is 74.9 Å². The van der Waals surface area contributed by atoms with E-state index in [0.717, 1.165) is 77.0 Å². The van der Waals surface area contributed by atoms with Crippen molar-refractivity contribution < 1.29 is 84.7 Å². The van der Waals surface area contributed by atoms with Crippen molar-refractivity contribution in [1.29, 1.82) is 0 Å². The van der Waals surface area contributed by atoms with Crippen LogP contribution in [0, 0.1) is 0 Å². The van der Waals surface area contributed by atoms with Gasteiger partial charge in [0.15, 0.2) is 12.2 Å². The van der Waals surface area contributed by atoms with E-state index in [0.29, 0.717) is 37.2 Å². The molecule has 0 saturated heterocycles. The first-order valence-electron chi connectivity index (χ1n) is 42.3. The molecule has 0 aliphatic carbocycles. The maximum Gasteiger partial charge on any atom is 0.472 e. The fourth-order valence-corrected chi connectivity index (χ4v) is 15.6. The van der Waals surface area contributed by atoms with E-state index in [4.69, 9.17) is 37.0 Å². The molecule has 4 atom stereocenters. The first-order chi connectivity index (χ1) is 50.6. The molecule has 614 valence electrons. The number of amides is 2. The number of nitrogens with one attached hydrogen (secondary N) is 2. The van der Waals surface area contributed by atoms with Gasteiger partial charge >= 0.3 is 39.5 Å². The summed E-state index contributed by atoms with van der Waals surface area (Å²) in [5.41, 5.74) is 0. The number of ether oxygens (including phenoxy) is 4. The molecule has 104 heavy (non-hydrogen) atoms. The van der Waals surface area contributed by atoms with Crippen molar-refractivity contribution in [2.24, 2.45) is 0 Å². The zero-order chi connectivity index (χ0) is 76.2.